The third-order valence-electron chi connectivity index (χ3n) is 4.98. The molecule has 28 heavy (non-hydrogen) atoms. The van der Waals surface area contributed by atoms with Crippen LogP contribution in [0.4, 0.5) is 5.82 Å². The largest absolute Gasteiger partial charge is 0.357 e. The summed E-state index contributed by atoms with van der Waals surface area (Å²) in [5, 5.41) is 0. The van der Waals surface area contributed by atoms with Crippen LogP contribution >= 0.6 is 15.9 Å². The summed E-state index contributed by atoms with van der Waals surface area (Å²) in [6.45, 7) is 6.95. The molecule has 0 bridgehead atoms. The molecule has 0 N–H and O–H groups in total. The van der Waals surface area contributed by atoms with Crippen molar-refractivity contribution in [1.29, 1.82) is 0 Å². The predicted octanol–water partition coefficient (Wildman–Crippen LogP) is 5.76. The van der Waals surface area contributed by atoms with Crippen molar-refractivity contribution in [3.05, 3.63) is 76.9 Å². The maximum atomic E-state index is 4.91. The summed E-state index contributed by atoms with van der Waals surface area (Å²) in [6, 6.07) is 20.9. The Balaban J connectivity index is 1.78. The van der Waals surface area contributed by atoms with Crippen molar-refractivity contribution in [3.63, 3.8) is 0 Å². The smallest absolute Gasteiger partial charge is 0.143 e. The predicted molar refractivity (Wildman–Crippen MR) is 120 cm³/mol. The number of anilines is 1. The highest BCUT2D eigenvalue weighted by Crippen LogP contribution is 2.27. The highest BCUT2D eigenvalue weighted by atomic mass is 79.9. The highest BCUT2D eigenvalue weighted by molar-refractivity contribution is 9.10. The summed E-state index contributed by atoms with van der Waals surface area (Å²) in [7, 11) is 0. The molecule has 2 aromatic carbocycles. The molecule has 0 fully saturated rings. The van der Waals surface area contributed by atoms with Crippen LogP contribution in [0.1, 0.15) is 19.4 Å². The molecule has 0 aliphatic carbocycles. The van der Waals surface area contributed by atoms with E-state index in [2.05, 4.69) is 87.8 Å². The molecule has 4 aromatic rings. The second-order valence-corrected chi connectivity index (χ2v) is 7.63. The number of benzene rings is 2. The van der Waals surface area contributed by atoms with Crippen LogP contribution < -0.4 is 4.90 Å². The van der Waals surface area contributed by atoms with Crippen molar-refractivity contribution < 1.29 is 0 Å². The molecule has 0 saturated heterocycles. The minimum Gasteiger partial charge on any atom is -0.357 e. The van der Waals surface area contributed by atoms with E-state index in [1.165, 1.54) is 5.56 Å². The Morgan fingerprint density at radius 1 is 0.964 bits per heavy atom. The normalized spacial score (nSPS) is 11.1. The molecule has 5 heteroatoms. The summed E-state index contributed by atoms with van der Waals surface area (Å²) in [5.74, 6) is 1.95. The van der Waals surface area contributed by atoms with E-state index in [1.807, 2.05) is 18.3 Å². The van der Waals surface area contributed by atoms with Crippen molar-refractivity contribution in [2.75, 3.05) is 18.0 Å². The molecule has 0 saturated carbocycles. The van der Waals surface area contributed by atoms with Crippen LogP contribution in [0.2, 0.25) is 0 Å². The number of fused-ring (bicyclic) bond motifs is 1. The van der Waals surface area contributed by atoms with Gasteiger partial charge in [-0.1, -0.05) is 40.2 Å². The second-order valence-electron chi connectivity index (χ2n) is 6.72. The van der Waals surface area contributed by atoms with Gasteiger partial charge in [-0.2, -0.15) is 0 Å². The fourth-order valence-corrected chi connectivity index (χ4v) is 3.97. The summed E-state index contributed by atoms with van der Waals surface area (Å²) in [4.78, 5) is 11.9. The third kappa shape index (κ3) is 3.67. The minimum absolute atomic E-state index is 0.757. The highest BCUT2D eigenvalue weighted by Gasteiger charge is 2.14. The van der Waals surface area contributed by atoms with E-state index in [0.717, 1.165) is 52.3 Å². The van der Waals surface area contributed by atoms with Crippen LogP contribution in [0.15, 0.2) is 71.3 Å². The van der Waals surface area contributed by atoms with Crippen LogP contribution in [-0.2, 0) is 6.54 Å². The van der Waals surface area contributed by atoms with Gasteiger partial charge in [0.25, 0.3) is 0 Å². The van der Waals surface area contributed by atoms with E-state index in [-0.39, 0.29) is 0 Å². The number of halogens is 1. The molecule has 2 heterocycles. The molecule has 0 aliphatic heterocycles. The van der Waals surface area contributed by atoms with Gasteiger partial charge in [-0.3, -0.25) is 0 Å². The molecule has 4 nitrogen and oxygen atoms in total. The average molecular weight is 435 g/mol. The summed E-state index contributed by atoms with van der Waals surface area (Å²) >= 11 is 3.57. The Kier molecular flexibility index (Phi) is 5.44. The summed E-state index contributed by atoms with van der Waals surface area (Å²) in [5.41, 5.74) is 4.39. The molecule has 0 unspecified atom stereocenters. The Labute approximate surface area is 174 Å². The molecular formula is C23H23BrN4. The van der Waals surface area contributed by atoms with Gasteiger partial charge in [0.1, 0.15) is 11.6 Å². The lowest BCUT2D eigenvalue weighted by atomic mass is 10.2. The Morgan fingerprint density at radius 3 is 2.50 bits per heavy atom. The number of para-hydroxylation sites is 2. The van der Waals surface area contributed by atoms with Gasteiger partial charge in [0.15, 0.2) is 0 Å². The summed E-state index contributed by atoms with van der Waals surface area (Å²) in [6.07, 6.45) is 1.94. The van der Waals surface area contributed by atoms with Gasteiger partial charge in [0.2, 0.25) is 0 Å². The maximum absolute atomic E-state index is 4.91. The Morgan fingerprint density at radius 2 is 1.79 bits per heavy atom. The first-order chi connectivity index (χ1) is 13.7. The monoisotopic (exact) mass is 434 g/mol. The van der Waals surface area contributed by atoms with Gasteiger partial charge in [-0.25, -0.2) is 9.97 Å². The maximum Gasteiger partial charge on any atom is 0.143 e. The zero-order valence-corrected chi connectivity index (χ0v) is 17.7. The lowest BCUT2D eigenvalue weighted by molar-refractivity contribution is 0.830. The SMILES string of the molecule is CCN(CC)c1ccc(-c2nc3ccccc3n2Cc2cccc(Br)c2)cn1. The van der Waals surface area contributed by atoms with Crippen molar-refractivity contribution in [2.24, 2.45) is 0 Å². The number of imidazole rings is 1. The molecule has 0 amide bonds. The Hall–Kier alpha value is -2.66. The van der Waals surface area contributed by atoms with Crippen LogP contribution in [-0.4, -0.2) is 27.6 Å². The molecule has 0 radical (unpaired) electrons. The van der Waals surface area contributed by atoms with Crippen LogP contribution in [0.25, 0.3) is 22.4 Å². The van der Waals surface area contributed by atoms with Gasteiger partial charge < -0.3 is 9.47 Å². The fourth-order valence-electron chi connectivity index (χ4n) is 3.53. The molecule has 0 atom stereocenters. The van der Waals surface area contributed by atoms with Gasteiger partial charge in [0, 0.05) is 35.9 Å². The zero-order chi connectivity index (χ0) is 19.5. The van der Waals surface area contributed by atoms with Crippen molar-refractivity contribution >= 4 is 32.8 Å². The number of rotatable bonds is 6. The average Bonchev–Trinajstić information content (AvgIpc) is 3.08. The van der Waals surface area contributed by atoms with Crippen molar-refractivity contribution in [1.82, 2.24) is 14.5 Å². The quantitative estimate of drug-likeness (QED) is 0.387. The lowest BCUT2D eigenvalue weighted by Crippen LogP contribution is -2.22. The number of hydrogen-bond acceptors (Lipinski definition) is 3. The van der Waals surface area contributed by atoms with Gasteiger partial charge in [-0.15, -0.1) is 0 Å². The fraction of sp³-hybridized carbons (Fsp3) is 0.217. The van der Waals surface area contributed by atoms with Crippen LogP contribution in [0.3, 0.4) is 0 Å². The van der Waals surface area contributed by atoms with E-state index in [4.69, 9.17) is 9.97 Å². The number of pyridine rings is 1. The van der Waals surface area contributed by atoms with E-state index >= 15 is 0 Å². The molecule has 142 valence electrons. The van der Waals surface area contributed by atoms with Gasteiger partial charge >= 0.3 is 0 Å². The topological polar surface area (TPSA) is 34.0 Å². The van der Waals surface area contributed by atoms with Crippen molar-refractivity contribution in [2.45, 2.75) is 20.4 Å². The van der Waals surface area contributed by atoms with E-state index in [9.17, 15) is 0 Å². The second kappa shape index (κ2) is 8.15. The molecule has 0 aliphatic rings. The van der Waals surface area contributed by atoms with Gasteiger partial charge in [-0.05, 0) is 55.8 Å². The van der Waals surface area contributed by atoms with E-state index in [0.29, 0.717) is 0 Å². The Bertz CT molecular complexity index is 1080. The van der Waals surface area contributed by atoms with Crippen molar-refractivity contribution in [3.8, 4) is 11.4 Å². The van der Waals surface area contributed by atoms with Crippen LogP contribution in [0.5, 0.6) is 0 Å². The first kappa shape index (κ1) is 18.7. The first-order valence-corrected chi connectivity index (χ1v) is 10.4. The molecular weight excluding hydrogens is 412 g/mol. The third-order valence-corrected chi connectivity index (χ3v) is 5.47. The standard InChI is InChI=1S/C23H23BrN4/c1-3-27(4-2)22-13-12-18(15-25-22)23-26-20-10-5-6-11-21(20)28(23)16-17-8-7-9-19(24)14-17/h5-15H,3-4,16H2,1-2H3. The number of nitrogens with zero attached hydrogens (tertiary/aromatic N) is 4. The van der Waals surface area contributed by atoms with Crippen LogP contribution in [0, 0.1) is 0 Å². The van der Waals surface area contributed by atoms with E-state index in [1.54, 1.807) is 0 Å². The number of aromatic nitrogens is 3. The minimum atomic E-state index is 0.757. The lowest BCUT2D eigenvalue weighted by Gasteiger charge is -2.19. The zero-order valence-electron chi connectivity index (χ0n) is 16.1. The summed E-state index contributed by atoms with van der Waals surface area (Å²) < 4.78 is 3.35. The first-order valence-electron chi connectivity index (χ1n) is 9.60. The molecule has 0 spiro atoms. The number of hydrogen-bond donors (Lipinski definition) is 0. The molecule has 4 rings (SSSR count). The van der Waals surface area contributed by atoms with E-state index < -0.39 is 0 Å². The molecule has 2 aromatic heterocycles. The van der Waals surface area contributed by atoms with Gasteiger partial charge in [0.05, 0.1) is 11.0 Å².